The molecule has 1 atom stereocenters. The Kier molecular flexibility index (Phi) is 7.25. The van der Waals surface area contributed by atoms with Crippen LogP contribution in [0.5, 0.6) is 11.5 Å². The van der Waals surface area contributed by atoms with Crippen molar-refractivity contribution in [2.24, 2.45) is 10.9 Å². The van der Waals surface area contributed by atoms with Crippen LogP contribution >= 0.6 is 11.3 Å². The summed E-state index contributed by atoms with van der Waals surface area (Å²) >= 11 is 1.20. The second kappa shape index (κ2) is 10.4. The van der Waals surface area contributed by atoms with Crippen LogP contribution in [0.4, 0.5) is 0 Å². The van der Waals surface area contributed by atoms with Crippen molar-refractivity contribution in [3.8, 4) is 11.5 Å². The molecule has 1 aliphatic heterocycles. The zero-order chi connectivity index (χ0) is 26.0. The predicted octanol–water partition coefficient (Wildman–Crippen LogP) is 2.96. The number of allylic oxidation sites excluding steroid dienone is 1. The van der Waals surface area contributed by atoms with E-state index in [1.807, 2.05) is 13.8 Å². The highest BCUT2D eigenvalue weighted by Crippen LogP contribution is 2.36. The van der Waals surface area contributed by atoms with E-state index < -0.39 is 18.0 Å². The van der Waals surface area contributed by atoms with Crippen LogP contribution in [-0.4, -0.2) is 30.2 Å². The highest BCUT2D eigenvalue weighted by atomic mass is 32.1. The second-order valence-corrected chi connectivity index (χ2v) is 9.60. The molecule has 1 aliphatic rings. The number of thiazole rings is 1. The number of benzene rings is 1. The number of aromatic nitrogens is 1. The molecule has 0 N–H and O–H groups in total. The van der Waals surface area contributed by atoms with Crippen LogP contribution in [-0.2, 0) is 14.3 Å². The molecule has 10 heteroatoms. The van der Waals surface area contributed by atoms with Crippen LogP contribution < -0.4 is 24.4 Å². The molecule has 1 unspecified atom stereocenters. The Balaban J connectivity index is 1.92. The molecule has 3 heterocycles. The first kappa shape index (κ1) is 25.2. The van der Waals surface area contributed by atoms with Crippen molar-refractivity contribution in [2.75, 3.05) is 13.7 Å². The first-order valence-electron chi connectivity index (χ1n) is 11.3. The Morgan fingerprint density at radius 3 is 2.67 bits per heavy atom. The maximum atomic E-state index is 13.6. The Hall–Kier alpha value is -3.92. The summed E-state index contributed by atoms with van der Waals surface area (Å²) in [6, 6.07) is 7.54. The summed E-state index contributed by atoms with van der Waals surface area (Å²) in [4.78, 5) is 43.4. The lowest BCUT2D eigenvalue weighted by Gasteiger charge is -2.25. The number of furan rings is 1. The highest BCUT2D eigenvalue weighted by Gasteiger charge is 2.34. The first-order chi connectivity index (χ1) is 17.2. The summed E-state index contributed by atoms with van der Waals surface area (Å²) < 4.78 is 23.5. The van der Waals surface area contributed by atoms with Crippen LogP contribution in [0.25, 0.3) is 6.08 Å². The lowest BCUT2D eigenvalue weighted by atomic mass is 9.95. The van der Waals surface area contributed by atoms with Crippen molar-refractivity contribution in [3.05, 3.63) is 78.9 Å². The average molecular weight is 511 g/mol. The third-order valence-electron chi connectivity index (χ3n) is 5.36. The quantitative estimate of drug-likeness (QED) is 0.355. The average Bonchev–Trinajstić information content (AvgIpc) is 3.44. The molecule has 4 rings (SSSR count). The molecule has 2 aromatic heterocycles. The fraction of sp³-hybridized carbons (Fsp3) is 0.308. The van der Waals surface area contributed by atoms with Crippen LogP contribution in [0.1, 0.15) is 45.1 Å². The number of carbonyl (C=O) groups is 2. The van der Waals surface area contributed by atoms with Crippen molar-refractivity contribution in [1.82, 2.24) is 4.57 Å². The largest absolute Gasteiger partial charge is 0.493 e. The highest BCUT2D eigenvalue weighted by molar-refractivity contribution is 7.07. The Morgan fingerprint density at radius 2 is 2.03 bits per heavy atom. The van der Waals surface area contributed by atoms with E-state index in [9.17, 15) is 14.4 Å². The molecule has 188 valence electrons. The number of hydrogen-bond acceptors (Lipinski definition) is 9. The lowest BCUT2D eigenvalue weighted by Crippen LogP contribution is -2.40. The Morgan fingerprint density at radius 1 is 1.25 bits per heavy atom. The van der Waals surface area contributed by atoms with E-state index in [0.717, 1.165) is 0 Å². The number of carbonyl (C=O) groups excluding carboxylic acids is 2. The zero-order valence-electron chi connectivity index (χ0n) is 20.6. The molecule has 36 heavy (non-hydrogen) atoms. The van der Waals surface area contributed by atoms with Crippen LogP contribution in [0.2, 0.25) is 0 Å². The van der Waals surface area contributed by atoms with Gasteiger partial charge in [0, 0.05) is 13.0 Å². The topological polar surface area (TPSA) is 109 Å². The van der Waals surface area contributed by atoms with E-state index in [4.69, 9.17) is 18.6 Å². The van der Waals surface area contributed by atoms with Gasteiger partial charge in [-0.15, -0.1) is 0 Å². The first-order valence-corrected chi connectivity index (χ1v) is 12.1. The Labute approximate surface area is 210 Å². The van der Waals surface area contributed by atoms with Crippen LogP contribution in [0.15, 0.2) is 62.1 Å². The molecular formula is C26H26N2O7S. The standard InChI is InChI=1S/C26H26N2O7S/c1-14(2)13-34-25(31)22-15(3)27-26-28(24(30)21(36-26)12-18-7-6-10-33-18)23(22)17-8-9-19(35-16(4)29)20(11-17)32-5/h6-12,14,23H,13H2,1-5H3/b21-12+. The van der Waals surface area contributed by atoms with E-state index in [1.54, 1.807) is 43.3 Å². The van der Waals surface area contributed by atoms with Crippen molar-refractivity contribution in [1.29, 1.82) is 0 Å². The van der Waals surface area contributed by atoms with Crippen molar-refractivity contribution in [3.63, 3.8) is 0 Å². The van der Waals surface area contributed by atoms with Gasteiger partial charge in [0.1, 0.15) is 5.76 Å². The smallest absolute Gasteiger partial charge is 0.338 e. The molecule has 3 aromatic rings. The van der Waals surface area contributed by atoms with Gasteiger partial charge in [0.05, 0.1) is 41.8 Å². The number of fused-ring (bicyclic) bond motifs is 1. The van der Waals surface area contributed by atoms with Crippen molar-refractivity contribution >= 4 is 29.4 Å². The van der Waals surface area contributed by atoms with Gasteiger partial charge in [-0.25, -0.2) is 9.79 Å². The molecule has 9 nitrogen and oxygen atoms in total. The number of methoxy groups -OCH3 is 1. The molecule has 0 saturated carbocycles. The van der Waals surface area contributed by atoms with E-state index in [2.05, 4.69) is 4.99 Å². The second-order valence-electron chi connectivity index (χ2n) is 8.59. The normalized spacial score (nSPS) is 15.5. The maximum Gasteiger partial charge on any atom is 0.338 e. The van der Waals surface area contributed by atoms with Gasteiger partial charge in [-0.3, -0.25) is 14.2 Å². The van der Waals surface area contributed by atoms with E-state index in [0.29, 0.717) is 26.4 Å². The van der Waals surface area contributed by atoms with Gasteiger partial charge in [0.15, 0.2) is 16.3 Å². The van der Waals surface area contributed by atoms with Gasteiger partial charge in [0.2, 0.25) is 0 Å². The summed E-state index contributed by atoms with van der Waals surface area (Å²) in [6.07, 6.45) is 3.16. The van der Waals surface area contributed by atoms with Gasteiger partial charge in [-0.05, 0) is 42.7 Å². The zero-order valence-corrected chi connectivity index (χ0v) is 21.4. The minimum absolute atomic E-state index is 0.130. The van der Waals surface area contributed by atoms with Crippen LogP contribution in [0.3, 0.4) is 0 Å². The van der Waals surface area contributed by atoms with Gasteiger partial charge in [0.25, 0.3) is 5.56 Å². The fourth-order valence-corrected chi connectivity index (χ4v) is 4.84. The summed E-state index contributed by atoms with van der Waals surface area (Å²) in [7, 11) is 1.44. The van der Waals surface area contributed by atoms with Gasteiger partial charge >= 0.3 is 11.9 Å². The Bertz CT molecular complexity index is 1510. The summed E-state index contributed by atoms with van der Waals surface area (Å²) in [5.41, 5.74) is 0.932. The van der Waals surface area contributed by atoms with Gasteiger partial charge in [-0.1, -0.05) is 31.3 Å². The third kappa shape index (κ3) is 5.03. The summed E-state index contributed by atoms with van der Waals surface area (Å²) in [6.45, 7) is 7.11. The third-order valence-corrected chi connectivity index (χ3v) is 6.35. The number of ether oxygens (including phenoxy) is 3. The summed E-state index contributed by atoms with van der Waals surface area (Å²) in [5.74, 6) is 0.106. The number of esters is 2. The monoisotopic (exact) mass is 510 g/mol. The van der Waals surface area contributed by atoms with Gasteiger partial charge in [-0.2, -0.15) is 0 Å². The molecular weight excluding hydrogens is 484 g/mol. The molecule has 0 radical (unpaired) electrons. The molecule has 0 bridgehead atoms. The SMILES string of the molecule is COc1cc(C2C(C(=O)OCC(C)C)=C(C)N=c3s/c(=C/c4ccco4)c(=O)n32)ccc1OC(C)=O. The van der Waals surface area contributed by atoms with Gasteiger partial charge < -0.3 is 18.6 Å². The predicted molar refractivity (Wildman–Crippen MR) is 133 cm³/mol. The van der Waals surface area contributed by atoms with Crippen molar-refractivity contribution in [2.45, 2.75) is 33.7 Å². The number of rotatable bonds is 7. The minimum atomic E-state index is -0.833. The lowest BCUT2D eigenvalue weighted by molar-refractivity contribution is -0.140. The molecule has 0 saturated heterocycles. The molecule has 1 aromatic carbocycles. The fourth-order valence-electron chi connectivity index (χ4n) is 3.81. The molecule has 0 aliphatic carbocycles. The van der Waals surface area contributed by atoms with E-state index in [-0.39, 0.29) is 35.2 Å². The van der Waals surface area contributed by atoms with Crippen molar-refractivity contribution < 1.29 is 28.2 Å². The van der Waals surface area contributed by atoms with Crippen LogP contribution in [0, 0.1) is 5.92 Å². The van der Waals surface area contributed by atoms with E-state index >= 15 is 0 Å². The van der Waals surface area contributed by atoms with E-state index in [1.165, 1.54) is 36.2 Å². The summed E-state index contributed by atoms with van der Waals surface area (Å²) in [5, 5.41) is 0. The maximum absolute atomic E-state index is 13.6. The minimum Gasteiger partial charge on any atom is -0.493 e. The molecule has 0 amide bonds. The number of hydrogen-bond donors (Lipinski definition) is 0. The molecule has 0 spiro atoms. The molecule has 0 fully saturated rings. The number of nitrogens with zero attached hydrogens (tertiary/aromatic N) is 2.